The van der Waals surface area contributed by atoms with Crippen LogP contribution in [0.5, 0.6) is 17.2 Å². The van der Waals surface area contributed by atoms with Gasteiger partial charge < -0.3 is 13.6 Å². The fourth-order valence-corrected chi connectivity index (χ4v) is 17.3. The van der Waals surface area contributed by atoms with Crippen LogP contribution >= 0.6 is 7.82 Å². The van der Waals surface area contributed by atoms with Gasteiger partial charge in [-0.3, -0.25) is 0 Å². The largest absolute Gasteiger partial charge is 0.647 e. The van der Waals surface area contributed by atoms with Crippen molar-refractivity contribution in [1.29, 1.82) is 0 Å². The predicted octanol–water partition coefficient (Wildman–Crippen LogP) is 30.3. The lowest BCUT2D eigenvalue weighted by Crippen LogP contribution is -2.30. The van der Waals surface area contributed by atoms with Crippen LogP contribution in [-0.2, 0) is 20.8 Å². The Morgan fingerprint density at radius 3 is 0.519 bits per heavy atom. The number of hydrogen-bond donors (Lipinski definition) is 0. The Labute approximate surface area is 631 Å². The molecule has 0 aliphatic rings. The molecule has 0 saturated heterocycles. The molecule has 0 amide bonds. The second-order valence-corrected chi connectivity index (χ2v) is 33.7. The molecule has 0 spiro atoms. The first kappa shape index (κ1) is 80.7. The number of rotatable bonds is 42. The minimum atomic E-state index is -4.58. The molecule has 0 fully saturated rings. The molecule has 9 aromatic rings. The lowest BCUT2D eigenvalue weighted by Gasteiger charge is -2.37. The van der Waals surface area contributed by atoms with Crippen molar-refractivity contribution in [3.8, 4) is 17.2 Å². The number of benzene rings is 9. The Balaban J connectivity index is 1.17. The molecule has 0 N–H and O–H groups in total. The van der Waals surface area contributed by atoms with Crippen molar-refractivity contribution in [3.63, 3.8) is 0 Å². The van der Waals surface area contributed by atoms with Gasteiger partial charge in [0.1, 0.15) is 17.2 Å². The first-order chi connectivity index (χ1) is 50.2. The fourth-order valence-electron chi connectivity index (χ4n) is 16.1. The Morgan fingerprint density at radius 2 is 0.365 bits per heavy atom. The van der Waals surface area contributed by atoms with Gasteiger partial charge in [0.15, 0.2) is 0 Å². The van der Waals surface area contributed by atoms with Gasteiger partial charge in [0, 0.05) is 16.2 Å². The zero-order valence-electron chi connectivity index (χ0n) is 66.7. The van der Waals surface area contributed by atoms with Gasteiger partial charge in [-0.05, 0) is 175 Å². The third-order valence-corrected chi connectivity index (χ3v) is 24.1. The molecule has 104 heavy (non-hydrogen) atoms. The molecule has 0 heterocycles. The van der Waals surface area contributed by atoms with Gasteiger partial charge in [0.25, 0.3) is 0 Å². The van der Waals surface area contributed by atoms with Crippen molar-refractivity contribution in [2.24, 2.45) is 0 Å². The van der Waals surface area contributed by atoms with E-state index in [1.54, 1.807) is 0 Å². The summed E-state index contributed by atoms with van der Waals surface area (Å²) >= 11 is 0. The van der Waals surface area contributed by atoms with Crippen molar-refractivity contribution < 1.29 is 18.1 Å². The monoisotopic (exact) mass is 1410 g/mol. The van der Waals surface area contributed by atoms with E-state index in [0.717, 1.165) is 74.5 Å². The van der Waals surface area contributed by atoms with Crippen LogP contribution in [0, 0.1) is 0 Å². The Kier molecular flexibility index (Phi) is 30.1. The number of unbranched alkanes of at least 4 members (excludes halogenated alkanes) is 15. The van der Waals surface area contributed by atoms with Crippen LogP contribution in [0.25, 0.3) is 0 Å². The van der Waals surface area contributed by atoms with Crippen LogP contribution in [0.3, 0.4) is 0 Å². The predicted molar refractivity (Wildman–Crippen MR) is 446 cm³/mol. The molecule has 0 aromatic heterocycles. The highest BCUT2D eigenvalue weighted by atomic mass is 31.2. The van der Waals surface area contributed by atoms with Crippen LogP contribution in [0.1, 0.15) is 358 Å². The maximum Gasteiger partial charge on any atom is 0.647 e. The third-order valence-electron chi connectivity index (χ3n) is 22.8. The van der Waals surface area contributed by atoms with Gasteiger partial charge in [0.05, 0.1) is 0 Å². The molecule has 0 aliphatic carbocycles. The van der Waals surface area contributed by atoms with Crippen molar-refractivity contribution in [1.82, 2.24) is 0 Å². The summed E-state index contributed by atoms with van der Waals surface area (Å²) < 4.78 is 37.2. The molecule has 9 rings (SSSR count). The summed E-state index contributed by atoms with van der Waals surface area (Å²) in [5.74, 6) is 3.61. The van der Waals surface area contributed by atoms with E-state index in [4.69, 9.17) is 13.6 Å². The van der Waals surface area contributed by atoms with E-state index in [0.29, 0.717) is 52.8 Å². The van der Waals surface area contributed by atoms with E-state index in [9.17, 15) is 0 Å². The van der Waals surface area contributed by atoms with Crippen molar-refractivity contribution in [2.45, 2.75) is 290 Å². The van der Waals surface area contributed by atoms with E-state index >= 15 is 4.57 Å². The van der Waals surface area contributed by atoms with Crippen molar-refractivity contribution in [2.75, 3.05) is 0 Å². The van der Waals surface area contributed by atoms with Crippen LogP contribution in [0.4, 0.5) is 0 Å². The van der Waals surface area contributed by atoms with Gasteiger partial charge in [-0.2, -0.15) is 4.57 Å². The van der Waals surface area contributed by atoms with E-state index in [-0.39, 0.29) is 0 Å². The summed E-state index contributed by atoms with van der Waals surface area (Å²) in [5.41, 5.74) is 17.5. The maximum atomic E-state index is 16.5. The number of hydrogen-bond acceptors (Lipinski definition) is 4. The highest BCUT2D eigenvalue weighted by molar-refractivity contribution is 7.49. The first-order valence-corrected chi connectivity index (χ1v) is 42.3. The molecule has 0 saturated carbocycles. The average molecular weight is 1410 g/mol. The molecule has 0 atom stereocenters. The lowest BCUT2D eigenvalue weighted by atomic mass is 9.66. The van der Waals surface area contributed by atoms with E-state index in [1.165, 1.54) is 144 Å². The summed E-state index contributed by atoms with van der Waals surface area (Å²) in [6.07, 6.45) is 24.3. The van der Waals surface area contributed by atoms with Crippen LogP contribution in [0.15, 0.2) is 218 Å². The minimum absolute atomic E-state index is 0.393. The fraction of sp³-hybridized carbons (Fsp3) is 0.455. The molecule has 0 bridgehead atoms. The molecule has 4 nitrogen and oxygen atoms in total. The minimum Gasteiger partial charge on any atom is -0.386 e. The standard InChI is InChI=1S/C99H129O4P/c1-16-19-22-25-28-31-70-97(85-46-34-79(35-47-85)73(4)5,86-48-36-80(37-49-86)74(6)7)91-58-64-94(65-59-91)101-104(100,102-95-66-60-92(61-67-95)98(71-32-29-26-23-20-17-2,87-50-38-81(39-51-87)75(8)9)88-52-40-82(41-53-88)76(10)11)103-96-68-62-93(63-69-96)99(72-33-30-27-24-21-18-3,89-54-42-83(43-55-89)77(12)13)90-56-44-84(45-57-90)78(14)15/h34-69,73-78H,16-33,70-72H2,1-15H3. The first-order valence-electron chi connectivity index (χ1n) is 40.8. The average Bonchev–Trinajstić information content (AvgIpc) is 0.763. The molecule has 5 heteroatoms. The van der Waals surface area contributed by atoms with E-state index in [1.807, 2.05) is 36.4 Å². The quantitative estimate of drug-likeness (QED) is 0.0217. The second kappa shape index (κ2) is 38.8. The number of phosphoric ester groups is 1. The molecule has 0 unspecified atom stereocenters. The summed E-state index contributed by atoms with van der Waals surface area (Å²) in [6, 6.07) is 81.4. The van der Waals surface area contributed by atoms with Gasteiger partial charge in [-0.25, -0.2) is 0 Å². The summed E-state index contributed by atoms with van der Waals surface area (Å²) in [7, 11) is -4.58. The van der Waals surface area contributed by atoms with Crippen molar-refractivity contribution >= 4 is 7.82 Å². The van der Waals surface area contributed by atoms with Gasteiger partial charge in [-0.1, -0.05) is 401 Å². The third kappa shape index (κ3) is 20.2. The zero-order valence-corrected chi connectivity index (χ0v) is 67.6. The highest BCUT2D eigenvalue weighted by Crippen LogP contribution is 2.54. The van der Waals surface area contributed by atoms with Crippen LogP contribution in [-0.4, -0.2) is 0 Å². The Hall–Kier alpha value is -7.39. The normalized spacial score (nSPS) is 12.4. The molecule has 0 aliphatic heterocycles. The lowest BCUT2D eigenvalue weighted by molar-refractivity contribution is 0.298. The second-order valence-electron chi connectivity index (χ2n) is 32.2. The molecule has 9 aromatic carbocycles. The molecule has 554 valence electrons. The Bertz CT molecular complexity index is 3410. The number of phosphoric acid groups is 1. The smallest absolute Gasteiger partial charge is 0.386 e. The van der Waals surface area contributed by atoms with E-state index < -0.39 is 24.1 Å². The van der Waals surface area contributed by atoms with Gasteiger partial charge in [0.2, 0.25) is 0 Å². The van der Waals surface area contributed by atoms with Crippen LogP contribution in [0.2, 0.25) is 0 Å². The maximum absolute atomic E-state index is 16.5. The summed E-state index contributed by atoms with van der Waals surface area (Å²) in [4.78, 5) is 0. The van der Waals surface area contributed by atoms with Gasteiger partial charge >= 0.3 is 7.82 Å². The summed E-state index contributed by atoms with van der Waals surface area (Å²) in [6.45, 7) is 34.1. The summed E-state index contributed by atoms with van der Waals surface area (Å²) in [5, 5.41) is 0. The van der Waals surface area contributed by atoms with E-state index in [2.05, 4.69) is 286 Å². The zero-order chi connectivity index (χ0) is 74.3. The highest BCUT2D eigenvalue weighted by Gasteiger charge is 2.41. The molecule has 0 radical (unpaired) electrons. The molecular weight excluding hydrogens is 1280 g/mol. The van der Waals surface area contributed by atoms with Crippen LogP contribution < -0.4 is 13.6 Å². The SMILES string of the molecule is CCCCCCCCC(c1ccc(OP(=O)(Oc2ccc(C(CCCCCCCC)(c3ccc(C(C)C)cc3)c3ccc(C(C)C)cc3)cc2)Oc2ccc(C(CCCCCCCC)(c3ccc(C(C)C)cc3)c3ccc(C(C)C)cc3)cc2)cc1)(c1ccc(C(C)C)cc1)c1ccc(C(C)C)cc1. The van der Waals surface area contributed by atoms with Gasteiger partial charge in [-0.15, -0.1) is 0 Å². The Morgan fingerprint density at radius 1 is 0.221 bits per heavy atom. The van der Waals surface area contributed by atoms with Crippen molar-refractivity contribution in [3.05, 3.63) is 302 Å². The topological polar surface area (TPSA) is 44.8 Å². The molecular formula is C99H129O4P.